The maximum absolute atomic E-state index is 10.7. The predicted octanol–water partition coefficient (Wildman–Crippen LogP) is 2.52. The van der Waals surface area contributed by atoms with Crippen LogP contribution >= 0.6 is 15.9 Å². The van der Waals surface area contributed by atoms with Crippen molar-refractivity contribution in [1.82, 2.24) is 9.97 Å². The van der Waals surface area contributed by atoms with E-state index in [4.69, 9.17) is 9.84 Å². The van der Waals surface area contributed by atoms with Crippen molar-refractivity contribution in [2.75, 3.05) is 0 Å². The molecular formula is C12H9BrN2O3. The highest BCUT2D eigenvalue weighted by atomic mass is 79.9. The van der Waals surface area contributed by atoms with Gasteiger partial charge in [0.15, 0.2) is 5.69 Å². The zero-order chi connectivity index (χ0) is 13.0. The summed E-state index contributed by atoms with van der Waals surface area (Å²) in [6, 6.07) is 7.62. The third-order valence-corrected chi connectivity index (χ3v) is 2.60. The first-order valence-electron chi connectivity index (χ1n) is 5.08. The summed E-state index contributed by atoms with van der Waals surface area (Å²) in [6.45, 7) is 0.303. The van der Waals surface area contributed by atoms with Gasteiger partial charge in [0, 0.05) is 4.47 Å². The number of halogens is 1. The zero-order valence-corrected chi connectivity index (χ0v) is 10.8. The molecule has 0 aliphatic rings. The van der Waals surface area contributed by atoms with E-state index in [-0.39, 0.29) is 11.6 Å². The van der Waals surface area contributed by atoms with E-state index in [1.54, 1.807) is 0 Å². The summed E-state index contributed by atoms with van der Waals surface area (Å²) in [5.41, 5.74) is 0.814. The van der Waals surface area contributed by atoms with Gasteiger partial charge in [-0.05, 0) is 17.7 Å². The molecule has 6 heteroatoms. The second kappa shape index (κ2) is 5.59. The number of carbonyl (C=O) groups is 1. The van der Waals surface area contributed by atoms with Crippen LogP contribution in [-0.2, 0) is 6.61 Å². The van der Waals surface area contributed by atoms with Crippen molar-refractivity contribution in [3.63, 3.8) is 0 Å². The molecule has 0 saturated carbocycles. The van der Waals surface area contributed by atoms with Gasteiger partial charge in [0.2, 0.25) is 5.88 Å². The van der Waals surface area contributed by atoms with Crippen molar-refractivity contribution >= 4 is 21.9 Å². The van der Waals surface area contributed by atoms with Crippen molar-refractivity contribution in [1.29, 1.82) is 0 Å². The van der Waals surface area contributed by atoms with Crippen LogP contribution in [0.3, 0.4) is 0 Å². The molecule has 1 heterocycles. The Morgan fingerprint density at radius 3 is 2.94 bits per heavy atom. The number of benzene rings is 1. The molecule has 0 atom stereocenters. The van der Waals surface area contributed by atoms with Gasteiger partial charge in [-0.2, -0.15) is 0 Å². The average molecular weight is 309 g/mol. The average Bonchev–Trinajstić information content (AvgIpc) is 2.37. The minimum absolute atomic E-state index is 0.137. The topological polar surface area (TPSA) is 72.3 Å². The Bertz CT molecular complexity index is 575. The molecule has 2 rings (SSSR count). The molecular weight excluding hydrogens is 300 g/mol. The number of nitrogens with zero attached hydrogens (tertiary/aromatic N) is 2. The predicted molar refractivity (Wildman–Crippen MR) is 67.5 cm³/mol. The van der Waals surface area contributed by atoms with E-state index in [0.717, 1.165) is 10.0 Å². The third kappa shape index (κ3) is 3.27. The summed E-state index contributed by atoms with van der Waals surface area (Å²) >= 11 is 3.36. The lowest BCUT2D eigenvalue weighted by atomic mass is 10.2. The minimum Gasteiger partial charge on any atom is -0.476 e. The number of aromatic carboxylic acids is 1. The molecule has 1 aromatic heterocycles. The number of carboxylic acids is 1. The Kier molecular flexibility index (Phi) is 3.88. The van der Waals surface area contributed by atoms with E-state index < -0.39 is 5.97 Å². The number of aromatic nitrogens is 2. The van der Waals surface area contributed by atoms with Crippen LogP contribution in [0.15, 0.2) is 41.1 Å². The lowest BCUT2D eigenvalue weighted by molar-refractivity contribution is 0.0688. The van der Waals surface area contributed by atoms with Gasteiger partial charge in [0.05, 0.1) is 12.4 Å². The maximum Gasteiger partial charge on any atom is 0.356 e. The van der Waals surface area contributed by atoms with Crippen LogP contribution in [0.5, 0.6) is 5.88 Å². The van der Waals surface area contributed by atoms with Crippen LogP contribution in [0, 0.1) is 0 Å². The summed E-state index contributed by atoms with van der Waals surface area (Å²) in [5.74, 6) is -0.940. The third-order valence-electron chi connectivity index (χ3n) is 2.11. The summed E-state index contributed by atoms with van der Waals surface area (Å²) in [5, 5.41) is 8.77. The molecule has 0 radical (unpaired) electrons. The smallest absolute Gasteiger partial charge is 0.356 e. The molecule has 2 aromatic rings. The van der Waals surface area contributed by atoms with Crippen molar-refractivity contribution in [3.8, 4) is 5.88 Å². The normalized spacial score (nSPS) is 10.1. The number of hydrogen-bond acceptors (Lipinski definition) is 4. The molecule has 0 amide bonds. The van der Waals surface area contributed by atoms with E-state index in [2.05, 4.69) is 25.9 Å². The number of rotatable bonds is 4. The molecule has 0 aliphatic heterocycles. The molecule has 0 aliphatic carbocycles. The highest BCUT2D eigenvalue weighted by Gasteiger charge is 2.06. The Morgan fingerprint density at radius 1 is 1.39 bits per heavy atom. The van der Waals surface area contributed by atoms with E-state index in [0.29, 0.717) is 6.61 Å². The summed E-state index contributed by atoms with van der Waals surface area (Å²) in [4.78, 5) is 18.3. The fourth-order valence-electron chi connectivity index (χ4n) is 1.30. The quantitative estimate of drug-likeness (QED) is 0.939. The SMILES string of the molecule is O=C(O)c1cncc(OCc2cccc(Br)c2)n1. The molecule has 0 bridgehead atoms. The van der Waals surface area contributed by atoms with Crippen molar-refractivity contribution < 1.29 is 14.6 Å². The van der Waals surface area contributed by atoms with Crippen molar-refractivity contribution in [2.24, 2.45) is 0 Å². The maximum atomic E-state index is 10.7. The fraction of sp³-hybridized carbons (Fsp3) is 0.0833. The Labute approximate surface area is 112 Å². The molecule has 92 valence electrons. The molecule has 0 unspecified atom stereocenters. The van der Waals surface area contributed by atoms with Gasteiger partial charge in [0.25, 0.3) is 0 Å². The second-order valence-corrected chi connectivity index (χ2v) is 4.38. The first kappa shape index (κ1) is 12.5. The van der Waals surface area contributed by atoms with E-state index in [1.807, 2.05) is 24.3 Å². The van der Waals surface area contributed by atoms with E-state index in [9.17, 15) is 4.79 Å². The van der Waals surface area contributed by atoms with Gasteiger partial charge in [-0.3, -0.25) is 4.98 Å². The molecule has 18 heavy (non-hydrogen) atoms. The number of hydrogen-bond donors (Lipinski definition) is 1. The Morgan fingerprint density at radius 2 is 2.22 bits per heavy atom. The van der Waals surface area contributed by atoms with Gasteiger partial charge in [0.1, 0.15) is 6.61 Å². The Balaban J connectivity index is 2.06. The first-order valence-corrected chi connectivity index (χ1v) is 5.87. The van der Waals surface area contributed by atoms with Gasteiger partial charge >= 0.3 is 5.97 Å². The molecule has 1 aromatic carbocycles. The van der Waals surface area contributed by atoms with Gasteiger partial charge in [-0.1, -0.05) is 28.1 Å². The number of ether oxygens (including phenoxy) is 1. The highest BCUT2D eigenvalue weighted by Crippen LogP contribution is 2.14. The summed E-state index contributed by atoms with van der Waals surface area (Å²) < 4.78 is 6.33. The monoisotopic (exact) mass is 308 g/mol. The fourth-order valence-corrected chi connectivity index (χ4v) is 1.75. The second-order valence-electron chi connectivity index (χ2n) is 3.47. The molecule has 5 nitrogen and oxygen atoms in total. The highest BCUT2D eigenvalue weighted by molar-refractivity contribution is 9.10. The Hall–Kier alpha value is -1.95. The summed E-state index contributed by atoms with van der Waals surface area (Å²) in [6.07, 6.45) is 2.55. The molecule has 0 fully saturated rings. The summed E-state index contributed by atoms with van der Waals surface area (Å²) in [7, 11) is 0. The van der Waals surface area contributed by atoms with E-state index >= 15 is 0 Å². The van der Waals surface area contributed by atoms with Gasteiger partial charge in [-0.15, -0.1) is 0 Å². The van der Waals surface area contributed by atoms with Gasteiger partial charge < -0.3 is 9.84 Å². The minimum atomic E-state index is -1.13. The van der Waals surface area contributed by atoms with Crippen LogP contribution in [0.4, 0.5) is 0 Å². The van der Waals surface area contributed by atoms with Crippen LogP contribution in [-0.4, -0.2) is 21.0 Å². The lowest BCUT2D eigenvalue weighted by Crippen LogP contribution is -2.04. The number of carboxylic acid groups (broad SMARTS) is 1. The van der Waals surface area contributed by atoms with Crippen LogP contribution < -0.4 is 4.74 Å². The molecule has 0 saturated heterocycles. The van der Waals surface area contributed by atoms with Crippen molar-refractivity contribution in [2.45, 2.75) is 6.61 Å². The molecule has 1 N–H and O–H groups in total. The standard InChI is InChI=1S/C12H9BrN2O3/c13-9-3-1-2-8(4-9)7-18-11-6-14-5-10(15-11)12(16)17/h1-6H,7H2,(H,16,17). The zero-order valence-electron chi connectivity index (χ0n) is 9.21. The van der Waals surface area contributed by atoms with E-state index in [1.165, 1.54) is 12.4 Å². The lowest BCUT2D eigenvalue weighted by Gasteiger charge is -2.05. The molecule has 0 spiro atoms. The van der Waals surface area contributed by atoms with Crippen LogP contribution in [0.1, 0.15) is 16.1 Å². The van der Waals surface area contributed by atoms with Crippen LogP contribution in [0.2, 0.25) is 0 Å². The first-order chi connectivity index (χ1) is 8.65. The van der Waals surface area contributed by atoms with Crippen LogP contribution in [0.25, 0.3) is 0 Å². The van der Waals surface area contributed by atoms with Gasteiger partial charge in [-0.25, -0.2) is 9.78 Å². The largest absolute Gasteiger partial charge is 0.476 e. The van der Waals surface area contributed by atoms with Crippen molar-refractivity contribution in [3.05, 3.63) is 52.4 Å².